The molecule has 0 saturated heterocycles. The van der Waals surface area contributed by atoms with Crippen molar-refractivity contribution in [3.05, 3.63) is 39.7 Å². The van der Waals surface area contributed by atoms with Crippen LogP contribution in [0.1, 0.15) is 23.2 Å². The molecule has 104 valence electrons. The second-order valence-electron chi connectivity index (χ2n) is 3.88. The first-order valence-electron chi connectivity index (χ1n) is 5.77. The molecule has 0 spiro atoms. The molecule has 0 heterocycles. The number of benzene rings is 1. The third-order valence-corrected chi connectivity index (χ3v) is 3.16. The van der Waals surface area contributed by atoms with Gasteiger partial charge in [-0.3, -0.25) is 14.9 Å². The zero-order valence-electron chi connectivity index (χ0n) is 10.5. The Morgan fingerprint density at radius 2 is 2.21 bits per heavy atom. The van der Waals surface area contributed by atoms with E-state index in [9.17, 15) is 19.3 Å². The van der Waals surface area contributed by atoms with Crippen molar-refractivity contribution in [3.8, 4) is 0 Å². The number of unbranched alkanes of at least 4 members (excludes halogenated alkanes) is 1. The van der Waals surface area contributed by atoms with Gasteiger partial charge in [0.1, 0.15) is 0 Å². The molecule has 1 aromatic carbocycles. The summed E-state index contributed by atoms with van der Waals surface area (Å²) in [6.07, 6.45) is 3.84. The summed E-state index contributed by atoms with van der Waals surface area (Å²) in [5.74, 6) is -0.341. The Labute approximate surface area is 114 Å². The van der Waals surface area contributed by atoms with Crippen LogP contribution in [0.15, 0.2) is 18.2 Å². The van der Waals surface area contributed by atoms with E-state index in [1.807, 2.05) is 6.26 Å². The highest BCUT2D eigenvalue weighted by atomic mass is 32.2. The molecule has 0 atom stereocenters. The minimum atomic E-state index is -0.943. The molecule has 0 bridgehead atoms. The highest BCUT2D eigenvalue weighted by Crippen LogP contribution is 2.18. The zero-order chi connectivity index (χ0) is 14.3. The minimum absolute atomic E-state index is 0.0953. The van der Waals surface area contributed by atoms with Gasteiger partial charge in [0.25, 0.3) is 5.91 Å². The number of hydrogen-bond donors (Lipinski definition) is 1. The number of hydrogen-bond acceptors (Lipinski definition) is 4. The van der Waals surface area contributed by atoms with Crippen molar-refractivity contribution in [1.82, 2.24) is 5.32 Å². The number of nitrogens with one attached hydrogen (secondary N) is 1. The number of amides is 1. The van der Waals surface area contributed by atoms with E-state index < -0.39 is 22.3 Å². The normalized spacial score (nSPS) is 10.2. The van der Waals surface area contributed by atoms with Gasteiger partial charge in [-0.2, -0.15) is 16.2 Å². The van der Waals surface area contributed by atoms with E-state index in [1.165, 1.54) is 6.07 Å². The molecule has 1 rings (SSSR count). The molecule has 0 fully saturated rings. The van der Waals surface area contributed by atoms with Gasteiger partial charge in [-0.15, -0.1) is 0 Å². The van der Waals surface area contributed by atoms with Crippen molar-refractivity contribution in [3.63, 3.8) is 0 Å². The Hall–Kier alpha value is -1.63. The van der Waals surface area contributed by atoms with Crippen molar-refractivity contribution >= 4 is 23.4 Å². The summed E-state index contributed by atoms with van der Waals surface area (Å²) in [6, 6.07) is 3.12. The smallest absolute Gasteiger partial charge is 0.305 e. The number of nitrogens with zero attached hydrogens (tertiary/aromatic N) is 1. The molecule has 1 aromatic rings. The first-order valence-corrected chi connectivity index (χ1v) is 7.16. The second kappa shape index (κ2) is 7.73. The van der Waals surface area contributed by atoms with Crippen LogP contribution in [0.2, 0.25) is 0 Å². The van der Waals surface area contributed by atoms with Crippen LogP contribution in [0.3, 0.4) is 0 Å². The van der Waals surface area contributed by atoms with Gasteiger partial charge >= 0.3 is 5.69 Å². The van der Waals surface area contributed by atoms with Gasteiger partial charge < -0.3 is 5.32 Å². The quantitative estimate of drug-likeness (QED) is 0.475. The molecule has 1 N–H and O–H groups in total. The highest BCUT2D eigenvalue weighted by molar-refractivity contribution is 7.98. The Bertz CT molecular complexity index is 468. The topological polar surface area (TPSA) is 72.2 Å². The van der Waals surface area contributed by atoms with Crippen LogP contribution in [-0.4, -0.2) is 29.4 Å². The average Bonchev–Trinajstić information content (AvgIpc) is 2.38. The standard InChI is InChI=1S/C12H15FN2O3S/c1-19-7-3-2-6-14-12(16)9-4-5-10(13)11(8-9)15(17)18/h4-5,8H,2-3,6-7H2,1H3,(H,14,16). The van der Waals surface area contributed by atoms with Crippen LogP contribution < -0.4 is 5.32 Å². The molecule has 0 aliphatic heterocycles. The summed E-state index contributed by atoms with van der Waals surface area (Å²) in [6.45, 7) is 0.505. The first kappa shape index (κ1) is 15.4. The predicted octanol–water partition coefficient (Wildman–Crippen LogP) is 2.61. The van der Waals surface area contributed by atoms with E-state index in [-0.39, 0.29) is 5.56 Å². The van der Waals surface area contributed by atoms with E-state index in [0.717, 1.165) is 30.7 Å². The third kappa shape index (κ3) is 4.86. The van der Waals surface area contributed by atoms with E-state index >= 15 is 0 Å². The van der Waals surface area contributed by atoms with Gasteiger partial charge in [-0.05, 0) is 37.0 Å². The van der Waals surface area contributed by atoms with Crippen molar-refractivity contribution in [2.45, 2.75) is 12.8 Å². The van der Waals surface area contributed by atoms with E-state index in [1.54, 1.807) is 11.8 Å². The van der Waals surface area contributed by atoms with Crippen molar-refractivity contribution in [1.29, 1.82) is 0 Å². The molecule has 1 amide bonds. The number of nitro benzene ring substituents is 1. The molecule has 0 unspecified atom stereocenters. The molecule has 0 radical (unpaired) electrons. The summed E-state index contributed by atoms with van der Waals surface area (Å²) < 4.78 is 13.1. The fraction of sp³-hybridized carbons (Fsp3) is 0.417. The van der Waals surface area contributed by atoms with Crippen molar-refractivity contribution in [2.75, 3.05) is 18.6 Å². The van der Waals surface area contributed by atoms with Gasteiger partial charge in [0.15, 0.2) is 0 Å². The molecule has 0 aliphatic rings. The molecule has 0 saturated carbocycles. The van der Waals surface area contributed by atoms with Crippen molar-refractivity contribution in [2.24, 2.45) is 0 Å². The van der Waals surface area contributed by atoms with E-state index in [2.05, 4.69) is 5.32 Å². The molecule has 0 aromatic heterocycles. The van der Waals surface area contributed by atoms with E-state index in [4.69, 9.17) is 0 Å². The maximum Gasteiger partial charge on any atom is 0.305 e. The fourth-order valence-corrected chi connectivity index (χ4v) is 1.96. The first-order chi connectivity index (χ1) is 9.06. The SMILES string of the molecule is CSCCCCNC(=O)c1ccc(F)c([N+](=O)[O-])c1. The third-order valence-electron chi connectivity index (χ3n) is 2.47. The Kier molecular flexibility index (Phi) is 6.27. The number of thioether (sulfide) groups is 1. The Morgan fingerprint density at radius 3 is 2.84 bits per heavy atom. The van der Waals surface area contributed by atoms with Crippen LogP contribution in [0.25, 0.3) is 0 Å². The van der Waals surface area contributed by atoms with Crippen LogP contribution in [0.5, 0.6) is 0 Å². The largest absolute Gasteiger partial charge is 0.352 e. The van der Waals surface area contributed by atoms with Gasteiger partial charge in [-0.1, -0.05) is 0 Å². The number of rotatable bonds is 7. The molecule has 7 heteroatoms. The second-order valence-corrected chi connectivity index (χ2v) is 4.86. The predicted molar refractivity (Wildman–Crippen MR) is 73.0 cm³/mol. The molecule has 5 nitrogen and oxygen atoms in total. The summed E-state index contributed by atoms with van der Waals surface area (Å²) in [4.78, 5) is 21.4. The monoisotopic (exact) mass is 286 g/mol. The minimum Gasteiger partial charge on any atom is -0.352 e. The number of nitro groups is 1. The van der Waals surface area contributed by atoms with Gasteiger partial charge in [0.2, 0.25) is 5.82 Å². The summed E-state index contributed by atoms with van der Waals surface area (Å²) in [7, 11) is 0. The van der Waals surface area contributed by atoms with Crippen LogP contribution in [0, 0.1) is 15.9 Å². The fourth-order valence-electron chi connectivity index (χ4n) is 1.47. The molecular formula is C12H15FN2O3S. The number of carbonyl (C=O) groups excluding carboxylic acids is 1. The Balaban J connectivity index is 2.57. The lowest BCUT2D eigenvalue weighted by Crippen LogP contribution is -2.24. The Morgan fingerprint density at radius 1 is 1.47 bits per heavy atom. The maximum atomic E-state index is 13.1. The maximum absolute atomic E-state index is 13.1. The highest BCUT2D eigenvalue weighted by Gasteiger charge is 2.17. The number of halogens is 1. The summed E-state index contributed by atoms with van der Waals surface area (Å²) >= 11 is 1.73. The summed E-state index contributed by atoms with van der Waals surface area (Å²) in [5, 5.41) is 13.2. The van der Waals surface area contributed by atoms with Gasteiger partial charge in [0.05, 0.1) is 4.92 Å². The zero-order valence-corrected chi connectivity index (χ0v) is 11.3. The lowest BCUT2D eigenvalue weighted by molar-refractivity contribution is -0.387. The van der Waals surface area contributed by atoms with Gasteiger partial charge in [-0.25, -0.2) is 0 Å². The van der Waals surface area contributed by atoms with Crippen molar-refractivity contribution < 1.29 is 14.1 Å². The lowest BCUT2D eigenvalue weighted by Gasteiger charge is -2.05. The van der Waals surface area contributed by atoms with Crippen LogP contribution >= 0.6 is 11.8 Å². The molecular weight excluding hydrogens is 271 g/mol. The van der Waals surface area contributed by atoms with Crippen LogP contribution in [0.4, 0.5) is 10.1 Å². The van der Waals surface area contributed by atoms with E-state index in [0.29, 0.717) is 6.54 Å². The van der Waals surface area contributed by atoms with Gasteiger partial charge in [0, 0.05) is 18.2 Å². The van der Waals surface area contributed by atoms with Crippen LogP contribution in [-0.2, 0) is 0 Å². The number of carbonyl (C=O) groups is 1. The lowest BCUT2D eigenvalue weighted by atomic mass is 10.2. The molecule has 0 aliphatic carbocycles. The summed E-state index contributed by atoms with van der Waals surface area (Å²) in [5.41, 5.74) is -0.590. The molecule has 19 heavy (non-hydrogen) atoms. The average molecular weight is 286 g/mol.